The molecule has 1 aromatic rings. The first-order chi connectivity index (χ1) is 5.74. The van der Waals surface area contributed by atoms with E-state index in [0.717, 1.165) is 0 Å². The highest BCUT2D eigenvalue weighted by Gasteiger charge is 1.97. The molecule has 0 unspecified atom stereocenters. The van der Waals surface area contributed by atoms with E-state index in [9.17, 15) is 0 Å². The summed E-state index contributed by atoms with van der Waals surface area (Å²) in [5.74, 6) is 0.265. The van der Waals surface area contributed by atoms with E-state index in [-0.39, 0.29) is 11.1 Å². The fourth-order valence-electron chi connectivity index (χ4n) is 0.637. The highest BCUT2D eigenvalue weighted by atomic mass is 35.5. The van der Waals surface area contributed by atoms with E-state index in [2.05, 4.69) is 9.97 Å². The molecule has 0 aliphatic rings. The van der Waals surface area contributed by atoms with Crippen molar-refractivity contribution < 1.29 is 0 Å². The first-order valence-electron chi connectivity index (χ1n) is 3.08. The van der Waals surface area contributed by atoms with Crippen molar-refractivity contribution in [3.8, 4) is 6.07 Å². The van der Waals surface area contributed by atoms with Crippen molar-refractivity contribution in [2.45, 2.75) is 0 Å². The summed E-state index contributed by atoms with van der Waals surface area (Å²) in [5, 5.41) is 8.33. The fourth-order valence-corrected chi connectivity index (χ4v) is 0.777. The lowest BCUT2D eigenvalue weighted by molar-refractivity contribution is 1.17. The van der Waals surface area contributed by atoms with Crippen molar-refractivity contribution in [2.24, 2.45) is 0 Å². The molecule has 4 nitrogen and oxygen atoms in total. The maximum absolute atomic E-state index is 8.23. The number of hydrogen-bond acceptors (Lipinski definition) is 4. The van der Waals surface area contributed by atoms with Crippen molar-refractivity contribution in [3.05, 3.63) is 23.1 Å². The van der Waals surface area contributed by atoms with E-state index in [1.807, 2.05) is 6.07 Å². The zero-order valence-corrected chi connectivity index (χ0v) is 6.78. The Hall–Kier alpha value is -1.60. The second-order valence-electron chi connectivity index (χ2n) is 1.94. The van der Waals surface area contributed by atoms with Crippen molar-refractivity contribution in [1.29, 1.82) is 5.26 Å². The van der Waals surface area contributed by atoms with Gasteiger partial charge >= 0.3 is 0 Å². The molecule has 0 aromatic carbocycles. The second kappa shape index (κ2) is 3.69. The molecule has 0 aliphatic carbocycles. The molecule has 0 saturated heterocycles. The summed E-state index contributed by atoms with van der Waals surface area (Å²) in [5.41, 5.74) is 6.05. The van der Waals surface area contributed by atoms with Crippen LogP contribution >= 0.6 is 11.6 Å². The fraction of sp³-hybridized carbons (Fsp3) is 0. The third-order valence-corrected chi connectivity index (χ3v) is 1.34. The van der Waals surface area contributed by atoms with Crippen LogP contribution in [0.2, 0.25) is 5.28 Å². The van der Waals surface area contributed by atoms with E-state index in [1.165, 1.54) is 18.3 Å². The molecule has 60 valence electrons. The molecule has 0 aliphatic heterocycles. The summed E-state index contributed by atoms with van der Waals surface area (Å²) in [7, 11) is 0. The summed E-state index contributed by atoms with van der Waals surface area (Å²) in [4.78, 5) is 7.40. The Bertz CT molecular complexity index is 353. The number of nitrogen functional groups attached to an aromatic ring is 1. The molecule has 1 rings (SSSR count). The van der Waals surface area contributed by atoms with Crippen molar-refractivity contribution >= 4 is 23.5 Å². The number of hydrogen-bond donors (Lipinski definition) is 1. The van der Waals surface area contributed by atoms with E-state index < -0.39 is 0 Å². The third-order valence-electron chi connectivity index (χ3n) is 1.16. The number of rotatable bonds is 1. The first-order valence-corrected chi connectivity index (χ1v) is 3.46. The Morgan fingerprint density at radius 1 is 1.67 bits per heavy atom. The number of aromatic nitrogens is 2. The summed E-state index contributed by atoms with van der Waals surface area (Å²) < 4.78 is 0. The number of anilines is 1. The Kier molecular flexibility index (Phi) is 2.62. The van der Waals surface area contributed by atoms with Gasteiger partial charge in [0.25, 0.3) is 0 Å². The molecule has 1 heterocycles. The summed E-state index contributed by atoms with van der Waals surface area (Å²) >= 11 is 5.46. The highest BCUT2D eigenvalue weighted by molar-refractivity contribution is 6.28. The van der Waals surface area contributed by atoms with E-state index in [1.54, 1.807) is 0 Å². The van der Waals surface area contributed by atoms with Gasteiger partial charge in [-0.1, -0.05) is 0 Å². The monoisotopic (exact) mass is 180 g/mol. The van der Waals surface area contributed by atoms with Crippen LogP contribution in [0.4, 0.5) is 5.82 Å². The van der Waals surface area contributed by atoms with Crippen LogP contribution in [0.25, 0.3) is 6.08 Å². The molecule has 0 atom stereocenters. The molecular formula is C7H5ClN4. The third kappa shape index (κ3) is 1.94. The maximum atomic E-state index is 8.23. The average Bonchev–Trinajstić information content (AvgIpc) is 2.03. The molecule has 5 heteroatoms. The Morgan fingerprint density at radius 2 is 2.42 bits per heavy atom. The number of halogens is 1. The predicted molar refractivity (Wildman–Crippen MR) is 46.1 cm³/mol. The maximum Gasteiger partial charge on any atom is 0.224 e. The summed E-state index contributed by atoms with van der Waals surface area (Å²) in [6.07, 6.45) is 4.27. The molecule has 0 spiro atoms. The van der Waals surface area contributed by atoms with Gasteiger partial charge < -0.3 is 5.73 Å². The highest BCUT2D eigenvalue weighted by Crippen LogP contribution is 2.11. The van der Waals surface area contributed by atoms with Crippen LogP contribution in [-0.2, 0) is 0 Å². The summed E-state index contributed by atoms with van der Waals surface area (Å²) in [6.45, 7) is 0. The standard InChI is InChI=1S/C7H5ClN4/c8-7-11-4-5(2-1-3-9)6(10)12-7/h1-2,4H,(H2,10,11,12). The molecular weight excluding hydrogens is 176 g/mol. The number of nitriles is 1. The van der Waals surface area contributed by atoms with Crippen molar-refractivity contribution in [3.63, 3.8) is 0 Å². The van der Waals surface area contributed by atoms with E-state index >= 15 is 0 Å². The van der Waals surface area contributed by atoms with Gasteiger partial charge in [0.2, 0.25) is 5.28 Å². The Balaban J connectivity index is 3.03. The van der Waals surface area contributed by atoms with Crippen LogP contribution < -0.4 is 5.73 Å². The van der Waals surface area contributed by atoms with Crippen LogP contribution in [0.15, 0.2) is 12.3 Å². The van der Waals surface area contributed by atoms with Crippen molar-refractivity contribution in [2.75, 3.05) is 5.73 Å². The predicted octanol–water partition coefficient (Wildman–Crippen LogP) is 1.25. The molecule has 0 saturated carbocycles. The molecule has 2 N–H and O–H groups in total. The van der Waals surface area contributed by atoms with Crippen LogP contribution in [-0.4, -0.2) is 9.97 Å². The minimum absolute atomic E-state index is 0.0987. The van der Waals surface area contributed by atoms with Crippen LogP contribution in [0.1, 0.15) is 5.56 Å². The number of nitrogens with zero attached hydrogens (tertiary/aromatic N) is 3. The number of nitrogens with two attached hydrogens (primary N) is 1. The minimum atomic E-state index is 0.0987. The molecule has 1 aromatic heterocycles. The molecule has 0 bridgehead atoms. The zero-order chi connectivity index (χ0) is 8.97. The normalized spacial score (nSPS) is 10.0. The van der Waals surface area contributed by atoms with Gasteiger partial charge in [0.05, 0.1) is 6.07 Å². The lowest BCUT2D eigenvalue weighted by atomic mass is 10.3. The summed E-state index contributed by atoms with van der Waals surface area (Å²) in [6, 6.07) is 1.83. The van der Waals surface area contributed by atoms with Crippen LogP contribution in [0.3, 0.4) is 0 Å². The molecule has 0 radical (unpaired) electrons. The lowest BCUT2D eigenvalue weighted by Gasteiger charge is -1.96. The second-order valence-corrected chi connectivity index (χ2v) is 2.28. The van der Waals surface area contributed by atoms with Crippen LogP contribution in [0.5, 0.6) is 0 Å². The van der Waals surface area contributed by atoms with Gasteiger partial charge in [-0.15, -0.1) is 0 Å². The molecule has 12 heavy (non-hydrogen) atoms. The van der Waals surface area contributed by atoms with E-state index in [0.29, 0.717) is 5.56 Å². The topological polar surface area (TPSA) is 75.6 Å². The zero-order valence-electron chi connectivity index (χ0n) is 6.03. The molecule has 0 amide bonds. The Morgan fingerprint density at radius 3 is 3.00 bits per heavy atom. The van der Waals surface area contributed by atoms with Crippen LogP contribution in [0, 0.1) is 11.3 Å². The van der Waals surface area contributed by atoms with Gasteiger partial charge in [0, 0.05) is 17.8 Å². The number of allylic oxidation sites excluding steroid dienone is 1. The van der Waals surface area contributed by atoms with Gasteiger partial charge in [-0.3, -0.25) is 0 Å². The Labute approximate surface area is 74.3 Å². The lowest BCUT2D eigenvalue weighted by Crippen LogP contribution is -1.95. The quantitative estimate of drug-likeness (QED) is 0.521. The SMILES string of the molecule is N#CC=Cc1cnc(Cl)nc1N. The average molecular weight is 181 g/mol. The van der Waals surface area contributed by atoms with Gasteiger partial charge in [-0.05, 0) is 17.7 Å². The van der Waals surface area contributed by atoms with Gasteiger partial charge in [-0.2, -0.15) is 5.26 Å². The van der Waals surface area contributed by atoms with Gasteiger partial charge in [-0.25, -0.2) is 9.97 Å². The smallest absolute Gasteiger partial charge is 0.224 e. The van der Waals surface area contributed by atoms with Gasteiger partial charge in [0.15, 0.2) is 0 Å². The largest absolute Gasteiger partial charge is 0.383 e. The first kappa shape index (κ1) is 8.50. The molecule has 0 fully saturated rings. The van der Waals surface area contributed by atoms with Gasteiger partial charge in [0.1, 0.15) is 5.82 Å². The van der Waals surface area contributed by atoms with Crippen molar-refractivity contribution in [1.82, 2.24) is 9.97 Å². The van der Waals surface area contributed by atoms with E-state index in [4.69, 9.17) is 22.6 Å². The minimum Gasteiger partial charge on any atom is -0.383 e.